The number of rotatable bonds is 9. The Morgan fingerprint density at radius 1 is 1.31 bits per heavy atom. The van der Waals surface area contributed by atoms with Crippen molar-refractivity contribution in [2.24, 2.45) is 11.3 Å². The van der Waals surface area contributed by atoms with Gasteiger partial charge in [0.05, 0.1) is 0 Å². The van der Waals surface area contributed by atoms with Crippen molar-refractivity contribution in [1.29, 1.82) is 0 Å². The lowest BCUT2D eigenvalue weighted by molar-refractivity contribution is -0.137. The largest absolute Gasteiger partial charge is 0.481 e. The Balaban J connectivity index is 1.91. The number of hydrogen-bond donors (Lipinski definition) is 2. The molecular formula is C13H25NO2. The van der Waals surface area contributed by atoms with E-state index in [1.165, 1.54) is 12.8 Å². The zero-order valence-corrected chi connectivity index (χ0v) is 10.6. The van der Waals surface area contributed by atoms with Crippen LogP contribution in [-0.2, 0) is 4.79 Å². The first kappa shape index (κ1) is 13.5. The van der Waals surface area contributed by atoms with Gasteiger partial charge in [0.25, 0.3) is 0 Å². The second-order valence-electron chi connectivity index (χ2n) is 5.40. The van der Waals surface area contributed by atoms with Crippen LogP contribution in [0, 0.1) is 11.3 Å². The number of hydrogen-bond acceptors (Lipinski definition) is 2. The molecule has 0 aromatic carbocycles. The van der Waals surface area contributed by atoms with Crippen LogP contribution in [0.2, 0.25) is 0 Å². The van der Waals surface area contributed by atoms with Crippen molar-refractivity contribution >= 4 is 5.97 Å². The van der Waals surface area contributed by atoms with E-state index < -0.39 is 5.97 Å². The van der Waals surface area contributed by atoms with E-state index in [1.807, 2.05) is 0 Å². The van der Waals surface area contributed by atoms with Crippen LogP contribution in [0.4, 0.5) is 0 Å². The normalized spacial score (nSPS) is 17.7. The van der Waals surface area contributed by atoms with E-state index >= 15 is 0 Å². The fourth-order valence-electron chi connectivity index (χ4n) is 2.16. The molecule has 0 radical (unpaired) electrons. The molecule has 0 unspecified atom stereocenters. The van der Waals surface area contributed by atoms with Crippen molar-refractivity contribution in [3.05, 3.63) is 0 Å². The van der Waals surface area contributed by atoms with Gasteiger partial charge in [-0.05, 0) is 43.6 Å². The highest BCUT2D eigenvalue weighted by molar-refractivity contribution is 5.66. The van der Waals surface area contributed by atoms with Crippen molar-refractivity contribution in [3.63, 3.8) is 0 Å². The Morgan fingerprint density at radius 3 is 2.50 bits per heavy atom. The third-order valence-corrected chi connectivity index (χ3v) is 3.84. The number of aliphatic carboxylic acids is 1. The standard InChI is InChI=1S/C13H25NO2/c1-11(2)13(7-8-13)10-14-9-5-3-4-6-12(15)16/h11,14H,3-10H2,1-2H3,(H,15,16). The average molecular weight is 227 g/mol. The molecule has 3 nitrogen and oxygen atoms in total. The summed E-state index contributed by atoms with van der Waals surface area (Å²) in [7, 11) is 0. The molecule has 0 aliphatic heterocycles. The first-order valence-electron chi connectivity index (χ1n) is 6.49. The Labute approximate surface area is 98.6 Å². The molecule has 0 spiro atoms. The first-order valence-corrected chi connectivity index (χ1v) is 6.49. The third-order valence-electron chi connectivity index (χ3n) is 3.84. The summed E-state index contributed by atoms with van der Waals surface area (Å²) in [4.78, 5) is 10.3. The maximum atomic E-state index is 10.3. The Hall–Kier alpha value is -0.570. The fraction of sp³-hybridized carbons (Fsp3) is 0.923. The number of nitrogens with one attached hydrogen (secondary N) is 1. The van der Waals surface area contributed by atoms with Gasteiger partial charge in [-0.2, -0.15) is 0 Å². The van der Waals surface area contributed by atoms with E-state index in [0.717, 1.165) is 38.3 Å². The van der Waals surface area contributed by atoms with E-state index in [4.69, 9.17) is 5.11 Å². The van der Waals surface area contributed by atoms with Gasteiger partial charge in [-0.3, -0.25) is 4.79 Å². The molecule has 0 aromatic heterocycles. The summed E-state index contributed by atoms with van der Waals surface area (Å²) in [6.45, 7) is 6.79. The molecule has 0 aromatic rings. The van der Waals surface area contributed by atoms with Crippen LogP contribution in [0.25, 0.3) is 0 Å². The van der Waals surface area contributed by atoms with E-state index in [0.29, 0.717) is 11.8 Å². The van der Waals surface area contributed by atoms with Crippen molar-refractivity contribution < 1.29 is 9.90 Å². The molecule has 1 saturated carbocycles. The second kappa shape index (κ2) is 6.24. The quantitative estimate of drug-likeness (QED) is 0.595. The van der Waals surface area contributed by atoms with Crippen LogP contribution in [0.1, 0.15) is 52.4 Å². The third kappa shape index (κ3) is 4.52. The lowest BCUT2D eigenvalue weighted by Gasteiger charge is -2.19. The zero-order chi connectivity index (χ0) is 12.0. The molecule has 2 N–H and O–H groups in total. The highest BCUT2D eigenvalue weighted by atomic mass is 16.4. The van der Waals surface area contributed by atoms with E-state index in [-0.39, 0.29) is 0 Å². The highest BCUT2D eigenvalue weighted by Crippen LogP contribution is 2.51. The summed E-state index contributed by atoms with van der Waals surface area (Å²) < 4.78 is 0. The summed E-state index contributed by atoms with van der Waals surface area (Å²) in [5.41, 5.74) is 0.584. The molecule has 1 aliphatic carbocycles. The topological polar surface area (TPSA) is 49.3 Å². The van der Waals surface area contributed by atoms with Crippen LogP contribution >= 0.6 is 0 Å². The summed E-state index contributed by atoms with van der Waals surface area (Å²) in [5.74, 6) is 0.108. The zero-order valence-electron chi connectivity index (χ0n) is 10.6. The van der Waals surface area contributed by atoms with Crippen molar-refractivity contribution in [2.45, 2.75) is 52.4 Å². The Morgan fingerprint density at radius 2 is 2.00 bits per heavy atom. The molecule has 0 amide bonds. The van der Waals surface area contributed by atoms with Crippen LogP contribution in [0.15, 0.2) is 0 Å². The minimum absolute atomic E-state index is 0.315. The van der Waals surface area contributed by atoms with Crippen LogP contribution in [0.5, 0.6) is 0 Å². The Bertz CT molecular complexity index is 222. The summed E-state index contributed by atoms with van der Waals surface area (Å²) in [6.07, 6.45) is 5.99. The van der Waals surface area contributed by atoms with E-state index in [1.54, 1.807) is 0 Å². The molecule has 1 rings (SSSR count). The van der Waals surface area contributed by atoms with Gasteiger partial charge in [0.1, 0.15) is 0 Å². The Kier molecular flexibility index (Phi) is 5.26. The SMILES string of the molecule is CC(C)C1(CNCCCCCC(=O)O)CC1. The molecule has 94 valence electrons. The second-order valence-corrected chi connectivity index (χ2v) is 5.40. The van der Waals surface area contributed by atoms with E-state index in [9.17, 15) is 4.79 Å². The van der Waals surface area contributed by atoms with Gasteiger partial charge in [0.2, 0.25) is 0 Å². The maximum absolute atomic E-state index is 10.3. The van der Waals surface area contributed by atoms with Gasteiger partial charge < -0.3 is 10.4 Å². The van der Waals surface area contributed by atoms with Gasteiger partial charge in [0.15, 0.2) is 0 Å². The first-order chi connectivity index (χ1) is 7.57. The molecule has 0 bridgehead atoms. The fourth-order valence-corrected chi connectivity index (χ4v) is 2.16. The lowest BCUT2D eigenvalue weighted by atomic mass is 9.92. The van der Waals surface area contributed by atoms with Gasteiger partial charge in [0, 0.05) is 13.0 Å². The number of carboxylic acid groups (broad SMARTS) is 1. The smallest absolute Gasteiger partial charge is 0.303 e. The molecule has 0 atom stereocenters. The van der Waals surface area contributed by atoms with Crippen LogP contribution in [-0.4, -0.2) is 24.2 Å². The number of carbonyl (C=O) groups is 1. The lowest BCUT2D eigenvalue weighted by Crippen LogP contribution is -2.28. The molecule has 1 fully saturated rings. The summed E-state index contributed by atoms with van der Waals surface area (Å²) in [6, 6.07) is 0. The van der Waals surface area contributed by atoms with Crippen molar-refractivity contribution in [1.82, 2.24) is 5.32 Å². The van der Waals surface area contributed by atoms with E-state index in [2.05, 4.69) is 19.2 Å². The van der Waals surface area contributed by atoms with Gasteiger partial charge in [-0.1, -0.05) is 20.3 Å². The molecular weight excluding hydrogens is 202 g/mol. The monoisotopic (exact) mass is 227 g/mol. The minimum atomic E-state index is -0.676. The predicted octanol–water partition coefficient (Wildman–Crippen LogP) is 2.66. The van der Waals surface area contributed by atoms with Crippen molar-refractivity contribution in [2.75, 3.05) is 13.1 Å². The van der Waals surface area contributed by atoms with Crippen LogP contribution in [0.3, 0.4) is 0 Å². The average Bonchev–Trinajstić information content (AvgIpc) is 2.97. The summed E-state index contributed by atoms with van der Waals surface area (Å²) >= 11 is 0. The molecule has 16 heavy (non-hydrogen) atoms. The van der Waals surface area contributed by atoms with Crippen LogP contribution < -0.4 is 5.32 Å². The van der Waals surface area contributed by atoms with Crippen molar-refractivity contribution in [3.8, 4) is 0 Å². The number of unbranched alkanes of at least 4 members (excludes halogenated alkanes) is 2. The molecule has 3 heteroatoms. The molecule has 1 aliphatic rings. The van der Waals surface area contributed by atoms with Gasteiger partial charge >= 0.3 is 5.97 Å². The predicted molar refractivity (Wildman–Crippen MR) is 65.5 cm³/mol. The van der Waals surface area contributed by atoms with Gasteiger partial charge in [-0.25, -0.2) is 0 Å². The maximum Gasteiger partial charge on any atom is 0.303 e. The molecule has 0 heterocycles. The molecule has 0 saturated heterocycles. The minimum Gasteiger partial charge on any atom is -0.481 e. The highest BCUT2D eigenvalue weighted by Gasteiger charge is 2.44. The number of carboxylic acids is 1. The van der Waals surface area contributed by atoms with Gasteiger partial charge in [-0.15, -0.1) is 0 Å². The summed E-state index contributed by atoms with van der Waals surface area (Å²) in [5, 5.41) is 12.0.